The van der Waals surface area contributed by atoms with Gasteiger partial charge < -0.3 is 14.8 Å². The minimum atomic E-state index is -0.0939. The summed E-state index contributed by atoms with van der Waals surface area (Å²) in [6.07, 6.45) is 2.15. The fourth-order valence-corrected chi connectivity index (χ4v) is 2.82. The zero-order chi connectivity index (χ0) is 16.9. The van der Waals surface area contributed by atoms with Crippen molar-refractivity contribution in [3.63, 3.8) is 0 Å². The van der Waals surface area contributed by atoms with Crippen molar-refractivity contribution < 1.29 is 9.59 Å². The molecule has 0 atom stereocenters. The number of aromatic nitrogens is 1. The Labute approximate surface area is 140 Å². The van der Waals surface area contributed by atoms with Crippen molar-refractivity contribution in [3.05, 3.63) is 59.4 Å². The molecular weight excluding hydrogens is 304 g/mol. The van der Waals surface area contributed by atoms with E-state index in [-0.39, 0.29) is 11.8 Å². The van der Waals surface area contributed by atoms with Crippen LogP contribution in [0, 0.1) is 11.3 Å². The summed E-state index contributed by atoms with van der Waals surface area (Å²) in [5.74, 6) is -0.0282. The van der Waals surface area contributed by atoms with E-state index in [9.17, 15) is 9.59 Å². The van der Waals surface area contributed by atoms with Gasteiger partial charge in [-0.15, -0.1) is 0 Å². The molecule has 1 fully saturated rings. The molecule has 0 bridgehead atoms. The molecule has 1 aromatic heterocycles. The number of benzene rings is 1. The quantitative estimate of drug-likeness (QED) is 0.928. The molecule has 3 rings (SSSR count). The summed E-state index contributed by atoms with van der Waals surface area (Å²) in [7, 11) is 0. The van der Waals surface area contributed by atoms with E-state index in [4.69, 9.17) is 5.26 Å². The molecule has 6 nitrogen and oxygen atoms in total. The number of piperazine rings is 1. The van der Waals surface area contributed by atoms with E-state index in [2.05, 4.69) is 4.98 Å². The van der Waals surface area contributed by atoms with E-state index in [0.29, 0.717) is 43.7 Å². The Morgan fingerprint density at radius 1 is 1.08 bits per heavy atom. The van der Waals surface area contributed by atoms with Gasteiger partial charge in [0.25, 0.3) is 5.91 Å². The summed E-state index contributed by atoms with van der Waals surface area (Å²) in [4.78, 5) is 31.3. The maximum absolute atomic E-state index is 12.5. The van der Waals surface area contributed by atoms with E-state index in [0.717, 1.165) is 5.69 Å². The lowest BCUT2D eigenvalue weighted by Crippen LogP contribution is -2.51. The predicted molar refractivity (Wildman–Crippen MR) is 88.1 cm³/mol. The van der Waals surface area contributed by atoms with Crippen LogP contribution >= 0.6 is 0 Å². The second kappa shape index (κ2) is 7.01. The van der Waals surface area contributed by atoms with Gasteiger partial charge in [-0.05, 0) is 30.3 Å². The molecule has 1 N–H and O–H groups in total. The Balaban J connectivity index is 1.57. The number of carbonyl (C=O) groups is 2. The monoisotopic (exact) mass is 322 g/mol. The summed E-state index contributed by atoms with van der Waals surface area (Å²) in [6, 6.07) is 12.5. The number of aromatic amines is 1. The highest BCUT2D eigenvalue weighted by molar-refractivity contribution is 5.94. The van der Waals surface area contributed by atoms with Crippen molar-refractivity contribution >= 4 is 11.8 Å². The summed E-state index contributed by atoms with van der Waals surface area (Å²) >= 11 is 0. The van der Waals surface area contributed by atoms with Gasteiger partial charge in [-0.25, -0.2) is 0 Å². The largest absolute Gasteiger partial charge is 0.365 e. The Hall–Kier alpha value is -3.07. The highest BCUT2D eigenvalue weighted by Gasteiger charge is 2.25. The van der Waals surface area contributed by atoms with Crippen LogP contribution in [-0.4, -0.2) is 52.8 Å². The Morgan fingerprint density at radius 3 is 2.50 bits per heavy atom. The third-order valence-electron chi connectivity index (χ3n) is 4.16. The van der Waals surface area contributed by atoms with Gasteiger partial charge in [0.15, 0.2) is 0 Å². The normalized spacial score (nSPS) is 14.3. The smallest absolute Gasteiger partial charge is 0.254 e. The Bertz CT molecular complexity index is 769. The first-order valence-electron chi connectivity index (χ1n) is 7.87. The predicted octanol–water partition coefficient (Wildman–Crippen LogP) is 1.41. The van der Waals surface area contributed by atoms with Gasteiger partial charge in [0.1, 0.15) is 0 Å². The number of rotatable bonds is 3. The van der Waals surface area contributed by atoms with Crippen molar-refractivity contribution in [1.29, 1.82) is 5.26 Å². The van der Waals surface area contributed by atoms with Crippen molar-refractivity contribution in [2.24, 2.45) is 0 Å². The molecule has 1 aliphatic rings. The SMILES string of the molecule is N#Cc1cccc(C(=O)N2CCN(C(=O)Cc3ccc[nH]3)CC2)c1. The number of nitrogens with one attached hydrogen (secondary N) is 1. The number of H-pyrrole nitrogens is 1. The molecule has 24 heavy (non-hydrogen) atoms. The van der Waals surface area contributed by atoms with E-state index < -0.39 is 0 Å². The van der Waals surface area contributed by atoms with Crippen LogP contribution < -0.4 is 0 Å². The minimum Gasteiger partial charge on any atom is -0.365 e. The van der Waals surface area contributed by atoms with Crippen molar-refractivity contribution in [1.82, 2.24) is 14.8 Å². The molecule has 6 heteroatoms. The highest BCUT2D eigenvalue weighted by Crippen LogP contribution is 2.11. The lowest BCUT2D eigenvalue weighted by Gasteiger charge is -2.34. The van der Waals surface area contributed by atoms with E-state index in [1.807, 2.05) is 18.2 Å². The number of nitriles is 1. The van der Waals surface area contributed by atoms with Gasteiger partial charge >= 0.3 is 0 Å². The molecule has 2 amide bonds. The molecule has 0 aliphatic carbocycles. The molecule has 2 heterocycles. The third-order valence-corrected chi connectivity index (χ3v) is 4.16. The second-order valence-electron chi connectivity index (χ2n) is 5.74. The van der Waals surface area contributed by atoms with Gasteiger partial charge in [0.2, 0.25) is 5.91 Å². The topological polar surface area (TPSA) is 80.2 Å². The summed E-state index contributed by atoms with van der Waals surface area (Å²) < 4.78 is 0. The zero-order valence-corrected chi connectivity index (χ0v) is 13.2. The van der Waals surface area contributed by atoms with Gasteiger partial charge in [-0.1, -0.05) is 6.07 Å². The van der Waals surface area contributed by atoms with E-state index in [1.165, 1.54) is 0 Å². The number of carbonyl (C=O) groups excluding carboxylic acids is 2. The molecule has 0 radical (unpaired) electrons. The summed E-state index contributed by atoms with van der Waals surface area (Å²) in [5, 5.41) is 8.93. The number of hydrogen-bond donors (Lipinski definition) is 1. The first-order chi connectivity index (χ1) is 11.7. The van der Waals surface area contributed by atoms with Gasteiger partial charge in [-0.2, -0.15) is 5.26 Å². The van der Waals surface area contributed by atoms with Crippen LogP contribution in [0.5, 0.6) is 0 Å². The lowest BCUT2D eigenvalue weighted by atomic mass is 10.1. The average Bonchev–Trinajstić information content (AvgIpc) is 3.14. The molecular formula is C18H18N4O2. The number of amides is 2. The number of hydrogen-bond acceptors (Lipinski definition) is 3. The summed E-state index contributed by atoms with van der Waals surface area (Å²) in [5.41, 5.74) is 1.88. The van der Waals surface area contributed by atoms with Crippen LogP contribution in [0.3, 0.4) is 0 Å². The molecule has 0 unspecified atom stereocenters. The lowest BCUT2D eigenvalue weighted by molar-refractivity contribution is -0.132. The average molecular weight is 322 g/mol. The van der Waals surface area contributed by atoms with Gasteiger partial charge in [0, 0.05) is 43.6 Å². The molecule has 1 saturated heterocycles. The van der Waals surface area contributed by atoms with Crippen molar-refractivity contribution in [2.75, 3.05) is 26.2 Å². The maximum Gasteiger partial charge on any atom is 0.254 e. The van der Waals surface area contributed by atoms with Crippen LogP contribution in [0.1, 0.15) is 21.6 Å². The first-order valence-corrected chi connectivity index (χ1v) is 7.87. The highest BCUT2D eigenvalue weighted by atomic mass is 16.2. The van der Waals surface area contributed by atoms with E-state index in [1.54, 1.807) is 40.3 Å². The van der Waals surface area contributed by atoms with Crippen LogP contribution in [0.25, 0.3) is 0 Å². The maximum atomic E-state index is 12.5. The van der Waals surface area contributed by atoms with Crippen LogP contribution in [0.2, 0.25) is 0 Å². The van der Waals surface area contributed by atoms with Crippen molar-refractivity contribution in [3.8, 4) is 6.07 Å². The van der Waals surface area contributed by atoms with E-state index >= 15 is 0 Å². The summed E-state index contributed by atoms with van der Waals surface area (Å²) in [6.45, 7) is 2.07. The molecule has 1 aromatic carbocycles. The minimum absolute atomic E-state index is 0.0658. The molecule has 0 spiro atoms. The Kier molecular flexibility index (Phi) is 4.62. The van der Waals surface area contributed by atoms with Crippen LogP contribution in [-0.2, 0) is 11.2 Å². The third kappa shape index (κ3) is 3.46. The van der Waals surface area contributed by atoms with Crippen LogP contribution in [0.15, 0.2) is 42.6 Å². The molecule has 122 valence electrons. The second-order valence-corrected chi connectivity index (χ2v) is 5.74. The fraction of sp³-hybridized carbons (Fsp3) is 0.278. The van der Waals surface area contributed by atoms with Gasteiger partial charge in [-0.3, -0.25) is 9.59 Å². The molecule has 2 aromatic rings. The zero-order valence-electron chi connectivity index (χ0n) is 13.2. The van der Waals surface area contributed by atoms with Gasteiger partial charge in [0.05, 0.1) is 18.1 Å². The van der Waals surface area contributed by atoms with Crippen LogP contribution in [0.4, 0.5) is 0 Å². The number of nitrogens with zero attached hydrogens (tertiary/aromatic N) is 3. The molecule has 1 aliphatic heterocycles. The fourth-order valence-electron chi connectivity index (χ4n) is 2.82. The van der Waals surface area contributed by atoms with Crippen molar-refractivity contribution in [2.45, 2.75) is 6.42 Å². The molecule has 0 saturated carbocycles. The first kappa shape index (κ1) is 15.8. The Morgan fingerprint density at radius 2 is 1.83 bits per heavy atom. The standard InChI is InChI=1S/C18H18N4O2/c19-13-14-3-1-4-15(11-14)18(24)22-9-7-21(8-10-22)17(23)12-16-5-2-6-20-16/h1-6,11,20H,7-10,12H2.